The van der Waals surface area contributed by atoms with Gasteiger partial charge in [-0.05, 0) is 60.1 Å². The molecule has 0 aliphatic rings. The van der Waals surface area contributed by atoms with Gasteiger partial charge in [-0.3, -0.25) is 0 Å². The van der Waals surface area contributed by atoms with Crippen molar-refractivity contribution in [2.75, 3.05) is 0 Å². The topological polar surface area (TPSA) is 50.3 Å². The van der Waals surface area contributed by atoms with Crippen molar-refractivity contribution in [2.45, 2.75) is 4.90 Å². The first-order valence-corrected chi connectivity index (χ1v) is 12.3. The van der Waals surface area contributed by atoms with E-state index >= 15 is 0 Å². The minimum Gasteiger partial charge on any atom is -0.423 e. The van der Waals surface area contributed by atoms with Crippen LogP contribution in [0.4, 0.5) is 0 Å². The van der Waals surface area contributed by atoms with Gasteiger partial charge in [-0.15, -0.1) is 12.6 Å². The highest BCUT2D eigenvalue weighted by Crippen LogP contribution is 2.36. The van der Waals surface area contributed by atoms with Gasteiger partial charge in [-0.25, -0.2) is 0 Å². The lowest BCUT2D eigenvalue weighted by atomic mass is 9.80. The number of nitrogens with zero attached hydrogens (tertiary/aromatic N) is 2. The van der Waals surface area contributed by atoms with E-state index < -0.39 is 7.12 Å². The van der Waals surface area contributed by atoms with Gasteiger partial charge in [0, 0.05) is 37.8 Å². The molecule has 7 aromatic rings. The van der Waals surface area contributed by atoms with Crippen molar-refractivity contribution in [2.24, 2.45) is 0 Å². The third kappa shape index (κ3) is 3.06. The molecule has 7 rings (SSSR count). The summed E-state index contributed by atoms with van der Waals surface area (Å²) < 4.78 is 4.49. The van der Waals surface area contributed by atoms with Crippen LogP contribution in [0.1, 0.15) is 0 Å². The minimum absolute atomic E-state index is 0.378. The van der Waals surface area contributed by atoms with Gasteiger partial charge in [0.1, 0.15) is 0 Å². The molecule has 5 aromatic carbocycles. The SMILES string of the molecule is OB(O)c1cc(-n2c3ccccc3c3cc(-n4c5ccccc5c5ccccc54)ccc32)ccc1S. The summed E-state index contributed by atoms with van der Waals surface area (Å²) in [7, 11) is -1.59. The second-order valence-corrected chi connectivity index (χ2v) is 9.52. The summed E-state index contributed by atoms with van der Waals surface area (Å²) in [4.78, 5) is 0.545. The van der Waals surface area contributed by atoms with E-state index in [1.54, 1.807) is 12.1 Å². The summed E-state index contributed by atoms with van der Waals surface area (Å²) in [5.41, 5.74) is 6.78. The lowest BCUT2D eigenvalue weighted by molar-refractivity contribution is 0.425. The standard InChI is InChI=1S/C30H21BN2O2S/c34-31(35)25-18-20(14-16-30(25)36)33-28-12-6-3-9-23(28)24-17-19(13-15-29(24)33)32-26-10-4-1-7-21(26)22-8-2-5-11-27(22)32/h1-18,34-36H. The molecule has 0 atom stereocenters. The molecule has 0 radical (unpaired) electrons. The van der Waals surface area contributed by atoms with Crippen molar-refractivity contribution in [1.82, 2.24) is 9.13 Å². The lowest BCUT2D eigenvalue weighted by Gasteiger charge is -2.12. The van der Waals surface area contributed by atoms with Gasteiger partial charge in [0.25, 0.3) is 0 Å². The summed E-state index contributed by atoms with van der Waals surface area (Å²) in [6.07, 6.45) is 0. The van der Waals surface area contributed by atoms with Crippen LogP contribution >= 0.6 is 12.6 Å². The molecule has 2 heterocycles. The lowest BCUT2D eigenvalue weighted by Crippen LogP contribution is -2.31. The number of thiol groups is 1. The van der Waals surface area contributed by atoms with E-state index in [1.165, 1.54) is 21.8 Å². The van der Waals surface area contributed by atoms with Crippen molar-refractivity contribution in [1.29, 1.82) is 0 Å². The molecule has 4 nitrogen and oxygen atoms in total. The zero-order valence-corrected chi connectivity index (χ0v) is 20.1. The van der Waals surface area contributed by atoms with Crippen LogP contribution in [0.2, 0.25) is 0 Å². The summed E-state index contributed by atoms with van der Waals surface area (Å²) in [5, 5.41) is 24.5. The van der Waals surface area contributed by atoms with E-state index in [2.05, 4.69) is 107 Å². The van der Waals surface area contributed by atoms with Crippen LogP contribution in [0.5, 0.6) is 0 Å². The molecule has 0 saturated carbocycles. The van der Waals surface area contributed by atoms with Crippen molar-refractivity contribution < 1.29 is 10.0 Å². The Balaban J connectivity index is 1.54. The molecule has 0 spiro atoms. The molecule has 0 amide bonds. The molecule has 0 aliphatic heterocycles. The number of para-hydroxylation sites is 3. The molecular weight excluding hydrogens is 463 g/mol. The van der Waals surface area contributed by atoms with Crippen LogP contribution in [0, 0.1) is 0 Å². The largest absolute Gasteiger partial charge is 0.489 e. The Morgan fingerprint density at radius 2 is 0.944 bits per heavy atom. The van der Waals surface area contributed by atoms with Crippen LogP contribution in [-0.2, 0) is 0 Å². The van der Waals surface area contributed by atoms with Gasteiger partial charge in [0.05, 0.1) is 22.1 Å². The molecule has 0 fully saturated rings. The van der Waals surface area contributed by atoms with E-state index in [0.29, 0.717) is 10.4 Å². The maximum Gasteiger partial charge on any atom is 0.489 e. The molecular formula is C30H21BN2O2S. The van der Waals surface area contributed by atoms with E-state index in [0.717, 1.165) is 33.2 Å². The van der Waals surface area contributed by atoms with Gasteiger partial charge in [-0.1, -0.05) is 54.6 Å². The third-order valence-electron chi connectivity index (χ3n) is 7.04. The second-order valence-electron chi connectivity index (χ2n) is 9.04. The van der Waals surface area contributed by atoms with E-state index in [9.17, 15) is 10.0 Å². The molecule has 172 valence electrons. The molecule has 0 unspecified atom stereocenters. The second kappa shape index (κ2) is 8.03. The van der Waals surface area contributed by atoms with Crippen LogP contribution in [0.15, 0.2) is 114 Å². The number of fused-ring (bicyclic) bond motifs is 6. The Labute approximate surface area is 213 Å². The Bertz CT molecular complexity index is 1900. The van der Waals surface area contributed by atoms with Gasteiger partial charge < -0.3 is 19.2 Å². The molecule has 0 aliphatic carbocycles. The molecule has 2 N–H and O–H groups in total. The van der Waals surface area contributed by atoms with Crippen LogP contribution in [-0.4, -0.2) is 26.3 Å². The maximum absolute atomic E-state index is 9.86. The quantitative estimate of drug-likeness (QED) is 0.218. The predicted molar refractivity (Wildman–Crippen MR) is 152 cm³/mol. The van der Waals surface area contributed by atoms with Crippen molar-refractivity contribution in [3.8, 4) is 11.4 Å². The number of rotatable bonds is 3. The van der Waals surface area contributed by atoms with Crippen LogP contribution < -0.4 is 5.46 Å². The minimum atomic E-state index is -1.59. The summed E-state index contributed by atoms with van der Waals surface area (Å²) in [6.45, 7) is 0. The summed E-state index contributed by atoms with van der Waals surface area (Å²) >= 11 is 4.40. The monoisotopic (exact) mass is 484 g/mol. The summed E-state index contributed by atoms with van der Waals surface area (Å²) in [6, 6.07) is 37.5. The number of hydrogen-bond acceptors (Lipinski definition) is 3. The zero-order valence-electron chi connectivity index (χ0n) is 19.2. The highest BCUT2D eigenvalue weighted by Gasteiger charge is 2.19. The van der Waals surface area contributed by atoms with Gasteiger partial charge in [0.2, 0.25) is 0 Å². The van der Waals surface area contributed by atoms with Gasteiger partial charge in [-0.2, -0.15) is 0 Å². The molecule has 36 heavy (non-hydrogen) atoms. The Morgan fingerprint density at radius 1 is 0.500 bits per heavy atom. The fourth-order valence-electron chi connectivity index (χ4n) is 5.47. The molecule has 6 heteroatoms. The molecule has 2 aromatic heterocycles. The molecule has 0 saturated heterocycles. The van der Waals surface area contributed by atoms with Crippen molar-refractivity contribution >= 4 is 68.8 Å². The Hall–Kier alpha value is -3.97. The first-order valence-electron chi connectivity index (χ1n) is 11.8. The average molecular weight is 484 g/mol. The van der Waals surface area contributed by atoms with Crippen LogP contribution in [0.25, 0.3) is 55.0 Å². The first-order chi connectivity index (χ1) is 17.6. The number of hydrogen-bond donors (Lipinski definition) is 3. The van der Waals surface area contributed by atoms with Gasteiger partial charge >= 0.3 is 7.12 Å². The fraction of sp³-hybridized carbons (Fsp3) is 0. The fourth-order valence-corrected chi connectivity index (χ4v) is 5.72. The Morgan fingerprint density at radius 3 is 1.50 bits per heavy atom. The Kier molecular flexibility index (Phi) is 4.76. The van der Waals surface area contributed by atoms with E-state index in [-0.39, 0.29) is 0 Å². The number of aromatic nitrogens is 2. The van der Waals surface area contributed by atoms with Crippen molar-refractivity contribution in [3.63, 3.8) is 0 Å². The van der Waals surface area contributed by atoms with E-state index in [4.69, 9.17) is 0 Å². The molecule has 0 bridgehead atoms. The first kappa shape index (κ1) is 21.3. The highest BCUT2D eigenvalue weighted by molar-refractivity contribution is 7.80. The maximum atomic E-state index is 9.86. The zero-order chi connectivity index (χ0) is 24.4. The number of benzene rings is 5. The van der Waals surface area contributed by atoms with E-state index in [1.807, 2.05) is 12.1 Å². The van der Waals surface area contributed by atoms with Crippen LogP contribution in [0.3, 0.4) is 0 Å². The highest BCUT2D eigenvalue weighted by atomic mass is 32.1. The summed E-state index contributed by atoms with van der Waals surface area (Å²) in [5.74, 6) is 0. The normalized spacial score (nSPS) is 11.8. The third-order valence-corrected chi connectivity index (χ3v) is 7.45. The average Bonchev–Trinajstić information content (AvgIpc) is 3.42. The van der Waals surface area contributed by atoms with Gasteiger partial charge in [0.15, 0.2) is 0 Å². The van der Waals surface area contributed by atoms with Crippen molar-refractivity contribution in [3.05, 3.63) is 109 Å². The smallest absolute Gasteiger partial charge is 0.423 e. The predicted octanol–water partition coefficient (Wildman–Crippen LogP) is 5.85.